The lowest BCUT2D eigenvalue weighted by Gasteiger charge is -2.06. The number of carbonyl (C=O) groups excluding carboxylic acids is 1. The summed E-state index contributed by atoms with van der Waals surface area (Å²) in [6, 6.07) is 6.97. The van der Waals surface area contributed by atoms with E-state index < -0.39 is 0 Å². The molecule has 1 aromatic heterocycles. The maximum Gasteiger partial charge on any atom is 0.272 e. The first-order valence-electron chi connectivity index (χ1n) is 4.66. The number of halogens is 3. The van der Waals surface area contributed by atoms with E-state index in [9.17, 15) is 4.79 Å². The van der Waals surface area contributed by atoms with E-state index in [1.807, 2.05) is 6.07 Å². The first-order chi connectivity index (χ1) is 8.06. The van der Waals surface area contributed by atoms with Crippen LogP contribution in [0.5, 0.6) is 0 Å². The number of benzene rings is 1. The standard InChI is InChI=1S/C11H7Br2ClN2O/c12-6-1-2-8(14)9(3-6)16-11(17)10-4-7(13)5-15-10/h1-5,15H,(H,16,17). The second-order valence-corrected chi connectivity index (χ2v) is 5.55. The zero-order valence-electron chi connectivity index (χ0n) is 8.43. The normalized spacial score (nSPS) is 10.3. The van der Waals surface area contributed by atoms with Crippen molar-refractivity contribution in [3.8, 4) is 0 Å². The fourth-order valence-corrected chi connectivity index (χ4v) is 2.15. The fourth-order valence-electron chi connectivity index (χ4n) is 1.28. The Kier molecular flexibility index (Phi) is 3.91. The SMILES string of the molecule is O=C(Nc1cc(Br)ccc1Cl)c1cc(Br)c[nH]1. The molecule has 0 bridgehead atoms. The molecular formula is C11H7Br2ClN2O. The minimum Gasteiger partial charge on any atom is -0.356 e. The van der Waals surface area contributed by atoms with Gasteiger partial charge in [0.2, 0.25) is 0 Å². The molecule has 0 radical (unpaired) electrons. The van der Waals surface area contributed by atoms with E-state index in [0.29, 0.717) is 16.4 Å². The number of aromatic nitrogens is 1. The van der Waals surface area contributed by atoms with Gasteiger partial charge < -0.3 is 10.3 Å². The molecule has 0 fully saturated rings. The Morgan fingerprint density at radius 3 is 2.65 bits per heavy atom. The summed E-state index contributed by atoms with van der Waals surface area (Å²) in [5.41, 5.74) is 1.03. The second-order valence-electron chi connectivity index (χ2n) is 3.31. The first-order valence-corrected chi connectivity index (χ1v) is 6.63. The van der Waals surface area contributed by atoms with E-state index in [0.717, 1.165) is 8.95 Å². The molecule has 1 heterocycles. The van der Waals surface area contributed by atoms with Crippen LogP contribution in [0.3, 0.4) is 0 Å². The molecule has 17 heavy (non-hydrogen) atoms. The van der Waals surface area contributed by atoms with Crippen LogP contribution in [0.15, 0.2) is 39.4 Å². The highest BCUT2D eigenvalue weighted by atomic mass is 79.9. The van der Waals surface area contributed by atoms with E-state index in [1.54, 1.807) is 24.4 Å². The molecular weight excluding hydrogens is 371 g/mol. The van der Waals surface area contributed by atoms with Crippen LogP contribution >= 0.6 is 43.5 Å². The van der Waals surface area contributed by atoms with Crippen LogP contribution in [0.4, 0.5) is 5.69 Å². The lowest BCUT2D eigenvalue weighted by atomic mass is 10.3. The molecule has 6 heteroatoms. The summed E-state index contributed by atoms with van der Waals surface area (Å²) in [7, 11) is 0. The summed E-state index contributed by atoms with van der Waals surface area (Å²) in [6.45, 7) is 0. The summed E-state index contributed by atoms with van der Waals surface area (Å²) >= 11 is 12.6. The molecule has 0 saturated heterocycles. The summed E-state index contributed by atoms with van der Waals surface area (Å²) < 4.78 is 1.67. The van der Waals surface area contributed by atoms with Gasteiger partial charge in [0, 0.05) is 15.1 Å². The average molecular weight is 378 g/mol. The van der Waals surface area contributed by atoms with Gasteiger partial charge in [-0.3, -0.25) is 4.79 Å². The van der Waals surface area contributed by atoms with Gasteiger partial charge in [-0.05, 0) is 40.2 Å². The van der Waals surface area contributed by atoms with Crippen molar-refractivity contribution >= 4 is 55.1 Å². The van der Waals surface area contributed by atoms with Crippen molar-refractivity contribution in [1.82, 2.24) is 4.98 Å². The Morgan fingerprint density at radius 1 is 1.24 bits per heavy atom. The number of hydrogen-bond acceptors (Lipinski definition) is 1. The van der Waals surface area contributed by atoms with Crippen molar-refractivity contribution in [2.24, 2.45) is 0 Å². The molecule has 0 unspecified atom stereocenters. The van der Waals surface area contributed by atoms with Crippen LogP contribution in [0, 0.1) is 0 Å². The van der Waals surface area contributed by atoms with Crippen LogP contribution in [0.25, 0.3) is 0 Å². The molecule has 0 spiro atoms. The fraction of sp³-hybridized carbons (Fsp3) is 0. The number of carbonyl (C=O) groups is 1. The van der Waals surface area contributed by atoms with Crippen molar-refractivity contribution < 1.29 is 4.79 Å². The zero-order valence-corrected chi connectivity index (χ0v) is 12.4. The summed E-state index contributed by atoms with van der Waals surface area (Å²) in [5, 5.41) is 3.22. The van der Waals surface area contributed by atoms with E-state index >= 15 is 0 Å². The van der Waals surface area contributed by atoms with Gasteiger partial charge in [0.1, 0.15) is 5.69 Å². The highest BCUT2D eigenvalue weighted by molar-refractivity contribution is 9.10. The van der Waals surface area contributed by atoms with Crippen LogP contribution in [-0.4, -0.2) is 10.9 Å². The molecule has 1 amide bonds. The van der Waals surface area contributed by atoms with Crippen molar-refractivity contribution in [3.05, 3.63) is 50.1 Å². The molecule has 2 N–H and O–H groups in total. The number of H-pyrrole nitrogens is 1. The topological polar surface area (TPSA) is 44.9 Å². The largest absolute Gasteiger partial charge is 0.356 e. The molecule has 2 aromatic rings. The monoisotopic (exact) mass is 376 g/mol. The summed E-state index contributed by atoms with van der Waals surface area (Å²) in [4.78, 5) is 14.7. The molecule has 88 valence electrons. The molecule has 3 nitrogen and oxygen atoms in total. The van der Waals surface area contributed by atoms with E-state index in [2.05, 4.69) is 42.2 Å². The van der Waals surface area contributed by atoms with E-state index in [1.165, 1.54) is 0 Å². The van der Waals surface area contributed by atoms with Gasteiger partial charge in [-0.25, -0.2) is 0 Å². The zero-order chi connectivity index (χ0) is 12.4. The van der Waals surface area contributed by atoms with Crippen molar-refractivity contribution in [1.29, 1.82) is 0 Å². The van der Waals surface area contributed by atoms with Gasteiger partial charge in [-0.1, -0.05) is 27.5 Å². The highest BCUT2D eigenvalue weighted by Gasteiger charge is 2.10. The maximum absolute atomic E-state index is 11.9. The van der Waals surface area contributed by atoms with Crippen LogP contribution in [0.1, 0.15) is 10.5 Å². The lowest BCUT2D eigenvalue weighted by molar-refractivity contribution is 0.102. The Balaban J connectivity index is 2.21. The molecule has 0 aliphatic heterocycles. The van der Waals surface area contributed by atoms with Gasteiger partial charge in [-0.15, -0.1) is 0 Å². The van der Waals surface area contributed by atoms with Crippen LogP contribution < -0.4 is 5.32 Å². The maximum atomic E-state index is 11.9. The summed E-state index contributed by atoms with van der Waals surface area (Å²) in [6.07, 6.45) is 1.69. The minimum atomic E-state index is -0.240. The smallest absolute Gasteiger partial charge is 0.272 e. The quantitative estimate of drug-likeness (QED) is 0.797. The van der Waals surface area contributed by atoms with Gasteiger partial charge in [0.15, 0.2) is 0 Å². The Hall–Kier alpha value is -0.780. The highest BCUT2D eigenvalue weighted by Crippen LogP contribution is 2.26. The van der Waals surface area contributed by atoms with Crippen molar-refractivity contribution in [2.45, 2.75) is 0 Å². The third-order valence-corrected chi connectivity index (χ3v) is 3.35. The minimum absolute atomic E-state index is 0.240. The van der Waals surface area contributed by atoms with E-state index in [-0.39, 0.29) is 5.91 Å². The molecule has 2 rings (SSSR count). The Bertz CT molecular complexity index is 568. The average Bonchev–Trinajstić information content (AvgIpc) is 2.70. The number of anilines is 1. The molecule has 0 saturated carbocycles. The Morgan fingerprint density at radius 2 is 2.00 bits per heavy atom. The Labute approximate surface area is 120 Å². The molecule has 0 aliphatic carbocycles. The van der Waals surface area contributed by atoms with Gasteiger partial charge >= 0.3 is 0 Å². The van der Waals surface area contributed by atoms with Gasteiger partial charge in [0.25, 0.3) is 5.91 Å². The van der Waals surface area contributed by atoms with Crippen LogP contribution in [-0.2, 0) is 0 Å². The van der Waals surface area contributed by atoms with Crippen molar-refractivity contribution in [2.75, 3.05) is 5.32 Å². The number of nitrogens with one attached hydrogen (secondary N) is 2. The predicted octanol–water partition coefficient (Wildman–Crippen LogP) is 4.45. The predicted molar refractivity (Wildman–Crippen MR) is 75.6 cm³/mol. The van der Waals surface area contributed by atoms with Gasteiger partial charge in [0.05, 0.1) is 10.7 Å². The van der Waals surface area contributed by atoms with Gasteiger partial charge in [-0.2, -0.15) is 0 Å². The third-order valence-electron chi connectivity index (χ3n) is 2.07. The molecule has 0 atom stereocenters. The number of rotatable bonds is 2. The molecule has 1 aromatic carbocycles. The molecule has 0 aliphatic rings. The van der Waals surface area contributed by atoms with Crippen LogP contribution in [0.2, 0.25) is 5.02 Å². The number of aromatic amines is 1. The number of amides is 1. The number of hydrogen-bond donors (Lipinski definition) is 2. The van der Waals surface area contributed by atoms with Crippen molar-refractivity contribution in [3.63, 3.8) is 0 Å². The van der Waals surface area contributed by atoms with E-state index in [4.69, 9.17) is 11.6 Å². The summed E-state index contributed by atoms with van der Waals surface area (Å²) in [5.74, 6) is -0.240. The second kappa shape index (κ2) is 5.25. The first kappa shape index (κ1) is 12.7. The lowest BCUT2D eigenvalue weighted by Crippen LogP contribution is -2.12. The third kappa shape index (κ3) is 3.12.